The zero-order valence-electron chi connectivity index (χ0n) is 17.5. The van der Waals surface area contributed by atoms with Crippen molar-refractivity contribution >= 4 is 39.2 Å². The van der Waals surface area contributed by atoms with E-state index in [2.05, 4.69) is 5.32 Å². The second-order valence-corrected chi connectivity index (χ2v) is 9.87. The van der Waals surface area contributed by atoms with Crippen LogP contribution >= 0.6 is 11.6 Å². The summed E-state index contributed by atoms with van der Waals surface area (Å²) in [6, 6.07) is 9.46. The van der Waals surface area contributed by atoms with Crippen LogP contribution in [0, 0.1) is 13.8 Å². The highest BCUT2D eigenvalue weighted by atomic mass is 35.5. The van der Waals surface area contributed by atoms with Crippen molar-refractivity contribution in [2.45, 2.75) is 38.0 Å². The normalized spacial score (nSPS) is 14.8. The number of carbonyl (C=O) groups excluding carboxylic acids is 2. The fourth-order valence-corrected chi connectivity index (χ4v) is 5.32. The van der Waals surface area contributed by atoms with Gasteiger partial charge in [-0.25, -0.2) is 13.2 Å². The van der Waals surface area contributed by atoms with E-state index >= 15 is 0 Å². The van der Waals surface area contributed by atoms with E-state index in [1.54, 1.807) is 31.2 Å². The van der Waals surface area contributed by atoms with E-state index in [4.69, 9.17) is 16.3 Å². The maximum atomic E-state index is 13.0. The molecule has 166 valence electrons. The minimum Gasteiger partial charge on any atom is -0.452 e. The number of benzene rings is 2. The van der Waals surface area contributed by atoms with Crippen molar-refractivity contribution in [2.75, 3.05) is 25.0 Å². The fourth-order valence-electron chi connectivity index (χ4n) is 3.38. The monoisotopic (exact) mass is 464 g/mol. The molecular formula is C22H25ClN2O5S. The minimum atomic E-state index is -3.70. The van der Waals surface area contributed by atoms with Gasteiger partial charge in [-0.05, 0) is 62.1 Å². The molecule has 0 spiro atoms. The maximum Gasteiger partial charge on any atom is 0.338 e. The largest absolute Gasteiger partial charge is 0.452 e. The van der Waals surface area contributed by atoms with Gasteiger partial charge in [-0.2, -0.15) is 4.31 Å². The SMILES string of the molecule is Cc1ccc(Cl)cc1NC(=O)COC(=O)c1ccc(C)c(S(=O)(=O)N2CCCCC2)c1. The van der Waals surface area contributed by atoms with Crippen LogP contribution in [0.1, 0.15) is 40.7 Å². The molecule has 9 heteroatoms. The van der Waals surface area contributed by atoms with Crippen molar-refractivity contribution in [3.8, 4) is 0 Å². The van der Waals surface area contributed by atoms with Gasteiger partial charge < -0.3 is 10.1 Å². The molecule has 0 saturated carbocycles. The molecule has 2 aromatic rings. The van der Waals surface area contributed by atoms with Crippen molar-refractivity contribution in [2.24, 2.45) is 0 Å². The third-order valence-electron chi connectivity index (χ3n) is 5.16. The lowest BCUT2D eigenvalue weighted by Gasteiger charge is -2.26. The number of sulfonamides is 1. The van der Waals surface area contributed by atoms with E-state index < -0.39 is 28.5 Å². The van der Waals surface area contributed by atoms with Gasteiger partial charge >= 0.3 is 5.97 Å². The number of ether oxygens (including phenoxy) is 1. The van der Waals surface area contributed by atoms with Crippen molar-refractivity contribution in [1.82, 2.24) is 4.31 Å². The highest BCUT2D eigenvalue weighted by molar-refractivity contribution is 7.89. The van der Waals surface area contributed by atoms with Gasteiger partial charge in [0.2, 0.25) is 10.0 Å². The zero-order valence-corrected chi connectivity index (χ0v) is 19.1. The molecule has 1 aliphatic rings. The Morgan fingerprint density at radius 3 is 2.42 bits per heavy atom. The lowest BCUT2D eigenvalue weighted by atomic mass is 10.1. The summed E-state index contributed by atoms with van der Waals surface area (Å²) in [4.78, 5) is 24.7. The number of esters is 1. The van der Waals surface area contributed by atoms with E-state index in [1.165, 1.54) is 16.4 Å². The Bertz CT molecular complexity index is 1100. The molecule has 0 aliphatic carbocycles. The Balaban J connectivity index is 1.68. The second-order valence-electron chi connectivity index (χ2n) is 7.53. The number of nitrogens with zero attached hydrogens (tertiary/aromatic N) is 1. The predicted octanol–water partition coefficient (Wildman–Crippen LogP) is 3.93. The molecule has 0 bridgehead atoms. The number of hydrogen-bond donors (Lipinski definition) is 1. The molecule has 7 nitrogen and oxygen atoms in total. The first-order valence-electron chi connectivity index (χ1n) is 10.0. The molecule has 1 aliphatic heterocycles. The van der Waals surface area contributed by atoms with Crippen LogP contribution in [0.25, 0.3) is 0 Å². The van der Waals surface area contributed by atoms with Crippen LogP contribution in [0.15, 0.2) is 41.3 Å². The summed E-state index contributed by atoms with van der Waals surface area (Å²) in [7, 11) is -3.70. The number of hydrogen-bond acceptors (Lipinski definition) is 5. The van der Waals surface area contributed by atoms with E-state index in [1.807, 2.05) is 6.92 Å². The number of halogens is 1. The first kappa shape index (κ1) is 23.2. The summed E-state index contributed by atoms with van der Waals surface area (Å²) in [6.07, 6.45) is 2.65. The van der Waals surface area contributed by atoms with Gasteiger partial charge in [-0.15, -0.1) is 0 Å². The molecule has 0 unspecified atom stereocenters. The Morgan fingerprint density at radius 1 is 1.03 bits per heavy atom. The number of piperidine rings is 1. The highest BCUT2D eigenvalue weighted by Crippen LogP contribution is 2.25. The molecule has 1 N–H and O–H groups in total. The summed E-state index contributed by atoms with van der Waals surface area (Å²) < 4.78 is 32.6. The zero-order chi connectivity index (χ0) is 22.6. The smallest absolute Gasteiger partial charge is 0.338 e. The third-order valence-corrected chi connectivity index (χ3v) is 7.44. The summed E-state index contributed by atoms with van der Waals surface area (Å²) in [5.41, 5.74) is 1.97. The first-order chi connectivity index (χ1) is 14.7. The van der Waals surface area contributed by atoms with E-state index in [9.17, 15) is 18.0 Å². The van der Waals surface area contributed by atoms with Gasteiger partial charge in [-0.3, -0.25) is 4.79 Å². The average Bonchev–Trinajstić information content (AvgIpc) is 2.75. The van der Waals surface area contributed by atoms with Gasteiger partial charge in [0, 0.05) is 23.8 Å². The number of amides is 1. The van der Waals surface area contributed by atoms with Gasteiger partial charge in [0.25, 0.3) is 5.91 Å². The Kier molecular flexibility index (Phi) is 7.35. The molecule has 0 aromatic heterocycles. The van der Waals surface area contributed by atoms with E-state index in [0.717, 1.165) is 24.8 Å². The number of anilines is 1. The summed E-state index contributed by atoms with van der Waals surface area (Å²) in [6.45, 7) is 3.94. The Morgan fingerprint density at radius 2 is 1.71 bits per heavy atom. The van der Waals surface area contributed by atoms with Crippen molar-refractivity contribution in [3.63, 3.8) is 0 Å². The predicted molar refractivity (Wildman–Crippen MR) is 119 cm³/mol. The highest BCUT2D eigenvalue weighted by Gasteiger charge is 2.28. The average molecular weight is 465 g/mol. The first-order valence-corrected chi connectivity index (χ1v) is 11.8. The van der Waals surface area contributed by atoms with Gasteiger partial charge in [-0.1, -0.05) is 30.2 Å². The van der Waals surface area contributed by atoms with Crippen molar-refractivity contribution in [3.05, 3.63) is 58.1 Å². The number of carbonyl (C=O) groups is 2. The lowest BCUT2D eigenvalue weighted by molar-refractivity contribution is -0.119. The van der Waals surface area contributed by atoms with Crippen molar-refractivity contribution < 1.29 is 22.7 Å². The third kappa shape index (κ3) is 5.64. The van der Waals surface area contributed by atoms with Crippen LogP contribution in [0.5, 0.6) is 0 Å². The lowest BCUT2D eigenvalue weighted by Crippen LogP contribution is -2.36. The molecule has 0 radical (unpaired) electrons. The number of aryl methyl sites for hydroxylation is 2. The molecule has 1 saturated heterocycles. The van der Waals surface area contributed by atoms with Crippen LogP contribution < -0.4 is 5.32 Å². The standard InChI is InChI=1S/C22H25ClN2O5S/c1-15-7-9-18(23)13-19(15)24-21(26)14-30-22(27)17-8-6-16(2)20(12-17)31(28,29)25-10-4-3-5-11-25/h6-9,12-13H,3-5,10-11,14H2,1-2H3,(H,24,26). The fraction of sp³-hybridized carbons (Fsp3) is 0.364. The minimum absolute atomic E-state index is 0.0768. The molecule has 1 fully saturated rings. The molecule has 1 amide bonds. The van der Waals surface area contributed by atoms with Crippen LogP contribution in [0.4, 0.5) is 5.69 Å². The molecule has 2 aromatic carbocycles. The maximum absolute atomic E-state index is 13.0. The van der Waals surface area contributed by atoms with Crippen LogP contribution in [-0.4, -0.2) is 44.3 Å². The Labute approximate surface area is 187 Å². The van der Waals surface area contributed by atoms with Crippen LogP contribution in [0.2, 0.25) is 5.02 Å². The molecule has 31 heavy (non-hydrogen) atoms. The van der Waals surface area contributed by atoms with Crippen LogP contribution in [-0.2, 0) is 19.6 Å². The van der Waals surface area contributed by atoms with E-state index in [0.29, 0.717) is 29.4 Å². The Hall–Kier alpha value is -2.42. The molecule has 3 rings (SSSR count). The molecular weight excluding hydrogens is 440 g/mol. The van der Waals surface area contributed by atoms with Gasteiger partial charge in [0.05, 0.1) is 10.5 Å². The summed E-state index contributed by atoms with van der Waals surface area (Å²) in [5, 5.41) is 3.11. The quantitative estimate of drug-likeness (QED) is 0.654. The topological polar surface area (TPSA) is 92.8 Å². The summed E-state index contributed by atoms with van der Waals surface area (Å²) in [5.74, 6) is -1.29. The van der Waals surface area contributed by atoms with Gasteiger partial charge in [0.15, 0.2) is 6.61 Å². The van der Waals surface area contributed by atoms with Crippen molar-refractivity contribution in [1.29, 1.82) is 0 Å². The molecule has 0 atom stereocenters. The molecule has 1 heterocycles. The van der Waals surface area contributed by atoms with Crippen LogP contribution in [0.3, 0.4) is 0 Å². The second kappa shape index (κ2) is 9.80. The summed E-state index contributed by atoms with van der Waals surface area (Å²) >= 11 is 5.94. The van der Waals surface area contributed by atoms with Gasteiger partial charge in [0.1, 0.15) is 0 Å². The number of rotatable bonds is 6. The number of nitrogens with one attached hydrogen (secondary N) is 1. The van der Waals surface area contributed by atoms with E-state index in [-0.39, 0.29) is 10.5 Å².